The minimum absolute atomic E-state index is 0.0212. The molecule has 0 aliphatic carbocycles. The van der Waals surface area contributed by atoms with Crippen LogP contribution in [0.4, 0.5) is 4.39 Å². The molecule has 2 N–H and O–H groups in total. The largest absolute Gasteiger partial charge is 0.505 e. The maximum absolute atomic E-state index is 14.4. The van der Waals surface area contributed by atoms with Gasteiger partial charge in [0.15, 0.2) is 11.6 Å². The Balaban J connectivity index is 1.69. The SMILES string of the molecule is CC(O)CCCC=Cc1ccc(-c2ccc(-c3ncc(O)cn3)cc2)cc1F. The van der Waals surface area contributed by atoms with Crippen LogP contribution in [0.15, 0.2) is 60.9 Å². The lowest BCUT2D eigenvalue weighted by Crippen LogP contribution is -1.97. The van der Waals surface area contributed by atoms with Crippen LogP contribution in [0.2, 0.25) is 0 Å². The fourth-order valence-corrected chi connectivity index (χ4v) is 2.87. The summed E-state index contributed by atoms with van der Waals surface area (Å²) in [5.74, 6) is 0.273. The molecular formula is C23H23FN2O2. The summed E-state index contributed by atoms with van der Waals surface area (Å²) in [7, 11) is 0. The third-order valence-electron chi connectivity index (χ3n) is 4.41. The monoisotopic (exact) mass is 378 g/mol. The van der Waals surface area contributed by atoms with E-state index >= 15 is 0 Å². The van der Waals surface area contributed by atoms with Crippen LogP contribution in [-0.2, 0) is 0 Å². The predicted octanol–water partition coefficient (Wildman–Crippen LogP) is 5.22. The number of hydrogen-bond acceptors (Lipinski definition) is 4. The number of aliphatic hydroxyl groups excluding tert-OH is 1. The Hall–Kier alpha value is -3.05. The van der Waals surface area contributed by atoms with Crippen LogP contribution < -0.4 is 0 Å². The second-order valence-electron chi connectivity index (χ2n) is 6.76. The van der Waals surface area contributed by atoms with E-state index in [1.54, 1.807) is 19.1 Å². The van der Waals surface area contributed by atoms with E-state index in [-0.39, 0.29) is 17.7 Å². The molecule has 1 unspecified atom stereocenters. The van der Waals surface area contributed by atoms with E-state index in [0.29, 0.717) is 11.4 Å². The Kier molecular flexibility index (Phi) is 6.50. The lowest BCUT2D eigenvalue weighted by atomic mass is 10.0. The number of aromatic hydroxyl groups is 1. The van der Waals surface area contributed by atoms with Crippen LogP contribution in [0.25, 0.3) is 28.6 Å². The molecule has 1 atom stereocenters. The molecule has 1 aromatic heterocycles. The fraction of sp³-hybridized carbons (Fsp3) is 0.217. The van der Waals surface area contributed by atoms with Crippen LogP contribution in [-0.4, -0.2) is 26.3 Å². The molecule has 0 aliphatic rings. The highest BCUT2D eigenvalue weighted by molar-refractivity contribution is 5.69. The third kappa shape index (κ3) is 5.24. The number of rotatable bonds is 7. The summed E-state index contributed by atoms with van der Waals surface area (Å²) >= 11 is 0. The summed E-state index contributed by atoms with van der Waals surface area (Å²) in [6.07, 6.45) is 8.56. The van der Waals surface area contributed by atoms with Crippen LogP contribution in [0.1, 0.15) is 31.7 Å². The molecule has 28 heavy (non-hydrogen) atoms. The van der Waals surface area contributed by atoms with Crippen molar-refractivity contribution in [2.45, 2.75) is 32.3 Å². The van der Waals surface area contributed by atoms with Crippen molar-refractivity contribution in [2.75, 3.05) is 0 Å². The van der Waals surface area contributed by atoms with Gasteiger partial charge in [0, 0.05) is 11.1 Å². The van der Waals surface area contributed by atoms with Gasteiger partial charge in [-0.2, -0.15) is 0 Å². The Morgan fingerprint density at radius 3 is 2.29 bits per heavy atom. The van der Waals surface area contributed by atoms with E-state index in [4.69, 9.17) is 0 Å². The zero-order valence-corrected chi connectivity index (χ0v) is 15.7. The first kappa shape index (κ1) is 19.7. The molecule has 2 aromatic carbocycles. The van der Waals surface area contributed by atoms with E-state index in [1.165, 1.54) is 18.5 Å². The fourth-order valence-electron chi connectivity index (χ4n) is 2.87. The Morgan fingerprint density at radius 2 is 1.64 bits per heavy atom. The molecule has 0 bridgehead atoms. The van der Waals surface area contributed by atoms with E-state index in [1.807, 2.05) is 36.4 Å². The molecule has 0 aliphatic heterocycles. The highest BCUT2D eigenvalue weighted by Crippen LogP contribution is 2.25. The second-order valence-corrected chi connectivity index (χ2v) is 6.76. The topological polar surface area (TPSA) is 66.2 Å². The smallest absolute Gasteiger partial charge is 0.159 e. The molecule has 5 heteroatoms. The lowest BCUT2D eigenvalue weighted by molar-refractivity contribution is 0.182. The number of hydrogen-bond donors (Lipinski definition) is 2. The molecule has 0 spiro atoms. The van der Waals surface area contributed by atoms with Gasteiger partial charge in [0.25, 0.3) is 0 Å². The van der Waals surface area contributed by atoms with Gasteiger partial charge in [-0.15, -0.1) is 0 Å². The quantitative estimate of drug-likeness (QED) is 0.553. The van der Waals surface area contributed by atoms with Crippen LogP contribution in [0, 0.1) is 5.82 Å². The Morgan fingerprint density at radius 1 is 1.00 bits per heavy atom. The zero-order chi connectivity index (χ0) is 19.9. The third-order valence-corrected chi connectivity index (χ3v) is 4.41. The number of aromatic nitrogens is 2. The average molecular weight is 378 g/mol. The number of halogens is 1. The highest BCUT2D eigenvalue weighted by atomic mass is 19.1. The number of aliphatic hydroxyl groups is 1. The molecule has 0 radical (unpaired) electrons. The van der Waals surface area contributed by atoms with Crippen molar-refractivity contribution in [3.05, 3.63) is 72.3 Å². The molecule has 0 saturated carbocycles. The Bertz CT molecular complexity index is 936. The van der Waals surface area contributed by atoms with E-state index < -0.39 is 0 Å². The van der Waals surface area contributed by atoms with Gasteiger partial charge in [-0.05, 0) is 43.4 Å². The first-order valence-corrected chi connectivity index (χ1v) is 9.29. The number of benzene rings is 2. The average Bonchev–Trinajstić information content (AvgIpc) is 2.69. The van der Waals surface area contributed by atoms with Gasteiger partial charge in [-0.1, -0.05) is 48.6 Å². The first-order chi connectivity index (χ1) is 13.5. The van der Waals surface area contributed by atoms with Crippen molar-refractivity contribution in [1.82, 2.24) is 9.97 Å². The van der Waals surface area contributed by atoms with Crippen LogP contribution in [0.3, 0.4) is 0 Å². The van der Waals surface area contributed by atoms with Crippen LogP contribution >= 0.6 is 0 Å². The van der Waals surface area contributed by atoms with Gasteiger partial charge in [0.2, 0.25) is 0 Å². The Labute approximate surface area is 164 Å². The van der Waals surface area contributed by atoms with Crippen LogP contribution in [0.5, 0.6) is 5.75 Å². The van der Waals surface area contributed by atoms with Gasteiger partial charge in [-0.25, -0.2) is 14.4 Å². The summed E-state index contributed by atoms with van der Waals surface area (Å²) in [5, 5.41) is 18.5. The highest BCUT2D eigenvalue weighted by Gasteiger charge is 2.06. The van der Waals surface area contributed by atoms with Crippen molar-refractivity contribution < 1.29 is 14.6 Å². The molecule has 144 valence electrons. The van der Waals surface area contributed by atoms with Gasteiger partial charge in [-0.3, -0.25) is 0 Å². The van der Waals surface area contributed by atoms with Crippen molar-refractivity contribution in [3.63, 3.8) is 0 Å². The summed E-state index contributed by atoms with van der Waals surface area (Å²) in [5.41, 5.74) is 3.06. The minimum Gasteiger partial charge on any atom is -0.505 e. The predicted molar refractivity (Wildman–Crippen MR) is 109 cm³/mol. The summed E-state index contributed by atoms with van der Waals surface area (Å²) < 4.78 is 14.4. The molecule has 0 fully saturated rings. The first-order valence-electron chi connectivity index (χ1n) is 9.29. The van der Waals surface area contributed by atoms with Gasteiger partial charge in [0.1, 0.15) is 5.82 Å². The summed E-state index contributed by atoms with van der Waals surface area (Å²) in [4.78, 5) is 8.17. The van der Waals surface area contributed by atoms with Crippen molar-refractivity contribution in [1.29, 1.82) is 0 Å². The molecular weight excluding hydrogens is 355 g/mol. The second kappa shape index (κ2) is 9.24. The van der Waals surface area contributed by atoms with Crippen molar-refractivity contribution in [2.24, 2.45) is 0 Å². The molecule has 3 rings (SSSR count). The summed E-state index contributed by atoms with van der Waals surface area (Å²) in [6, 6.07) is 12.7. The van der Waals surface area contributed by atoms with E-state index in [9.17, 15) is 14.6 Å². The number of nitrogens with zero attached hydrogens (tertiary/aromatic N) is 2. The maximum atomic E-state index is 14.4. The molecule has 3 aromatic rings. The number of unbranched alkanes of at least 4 members (excludes halogenated alkanes) is 1. The standard InChI is InChI=1S/C23H23FN2O2/c1-16(27)5-3-2-4-6-18-9-12-20(13-22(18)24)17-7-10-19(11-8-17)23-25-14-21(28)15-26-23/h4,6-16,27-28H,2-3,5H2,1H3. The molecule has 4 nitrogen and oxygen atoms in total. The van der Waals surface area contributed by atoms with Gasteiger partial charge >= 0.3 is 0 Å². The molecule has 0 amide bonds. The van der Waals surface area contributed by atoms with Crippen molar-refractivity contribution >= 4 is 6.08 Å². The normalized spacial score (nSPS) is 12.4. The lowest BCUT2D eigenvalue weighted by Gasteiger charge is -2.06. The number of allylic oxidation sites excluding steroid dienone is 1. The van der Waals surface area contributed by atoms with E-state index in [2.05, 4.69) is 9.97 Å². The van der Waals surface area contributed by atoms with E-state index in [0.717, 1.165) is 36.0 Å². The van der Waals surface area contributed by atoms with Crippen molar-refractivity contribution in [3.8, 4) is 28.3 Å². The zero-order valence-electron chi connectivity index (χ0n) is 15.7. The van der Waals surface area contributed by atoms with Gasteiger partial charge in [0.05, 0.1) is 18.5 Å². The minimum atomic E-state index is -0.295. The summed E-state index contributed by atoms with van der Waals surface area (Å²) in [6.45, 7) is 1.77. The molecule has 1 heterocycles. The maximum Gasteiger partial charge on any atom is 0.159 e. The van der Waals surface area contributed by atoms with Gasteiger partial charge < -0.3 is 10.2 Å². The molecule has 0 saturated heterocycles.